The molecule has 2 N–H and O–H groups in total. The van der Waals surface area contributed by atoms with Crippen LogP contribution in [0, 0.1) is 0 Å². The lowest BCUT2D eigenvalue weighted by Crippen LogP contribution is -2.47. The molecule has 0 fully saturated rings. The lowest BCUT2D eigenvalue weighted by Gasteiger charge is -2.37. The van der Waals surface area contributed by atoms with Crippen molar-refractivity contribution in [1.29, 1.82) is 0 Å². The van der Waals surface area contributed by atoms with E-state index in [2.05, 4.69) is 31.2 Å². The third kappa shape index (κ3) is 1.87. The molecular weight excluding hydrogens is 206 g/mol. The van der Waals surface area contributed by atoms with Gasteiger partial charge in [0.05, 0.1) is 0 Å². The average molecular weight is 225 g/mol. The lowest BCUT2D eigenvalue weighted by atomic mass is 10.0. The minimum atomic E-state index is -0.819. The highest BCUT2D eigenvalue weighted by Gasteiger charge is 2.34. The molecule has 1 amide bonds. The topological polar surface area (TPSA) is 55.8 Å². The van der Waals surface area contributed by atoms with Gasteiger partial charge in [0.1, 0.15) is 0 Å². The summed E-state index contributed by atoms with van der Waals surface area (Å²) < 4.78 is 0. The number of rotatable bonds is 0. The third-order valence-electron chi connectivity index (χ3n) is 3.07. The number of hydrogen-bond donors (Lipinski definition) is 2. The standard InChI is InChI=1S/C11H19N3O2/c1-11(2,3)14-9-4-5-13(10(15)16)7-8(9)6-12-14/h12H,4-7H2,1-3H3,(H,15,16). The van der Waals surface area contributed by atoms with Crippen molar-refractivity contribution in [3.63, 3.8) is 0 Å². The predicted octanol–water partition coefficient (Wildman–Crippen LogP) is 1.24. The van der Waals surface area contributed by atoms with Crippen molar-refractivity contribution in [1.82, 2.24) is 15.3 Å². The monoisotopic (exact) mass is 225 g/mol. The summed E-state index contributed by atoms with van der Waals surface area (Å²) in [5.74, 6) is 0. The van der Waals surface area contributed by atoms with Crippen molar-refractivity contribution in [2.45, 2.75) is 32.7 Å². The number of nitrogens with zero attached hydrogens (tertiary/aromatic N) is 2. The maximum Gasteiger partial charge on any atom is 0.407 e. The molecule has 0 aliphatic carbocycles. The zero-order valence-electron chi connectivity index (χ0n) is 10.1. The maximum absolute atomic E-state index is 10.9. The largest absolute Gasteiger partial charge is 0.465 e. The molecule has 2 heterocycles. The van der Waals surface area contributed by atoms with Crippen molar-refractivity contribution in [3.05, 3.63) is 11.3 Å². The van der Waals surface area contributed by atoms with Crippen molar-refractivity contribution in [2.75, 3.05) is 19.6 Å². The number of hydrazine groups is 1. The van der Waals surface area contributed by atoms with Crippen LogP contribution in [0.25, 0.3) is 0 Å². The van der Waals surface area contributed by atoms with Crippen LogP contribution in [0.1, 0.15) is 27.2 Å². The maximum atomic E-state index is 10.9. The van der Waals surface area contributed by atoms with Crippen molar-refractivity contribution in [3.8, 4) is 0 Å². The van der Waals surface area contributed by atoms with E-state index in [0.717, 1.165) is 13.0 Å². The molecule has 0 aromatic carbocycles. The third-order valence-corrected chi connectivity index (χ3v) is 3.07. The predicted molar refractivity (Wildman–Crippen MR) is 60.8 cm³/mol. The van der Waals surface area contributed by atoms with Crippen LogP contribution in [0.3, 0.4) is 0 Å². The summed E-state index contributed by atoms with van der Waals surface area (Å²) in [4.78, 5) is 12.4. The van der Waals surface area contributed by atoms with E-state index < -0.39 is 6.09 Å². The molecule has 0 unspecified atom stereocenters. The highest BCUT2D eigenvalue weighted by atomic mass is 16.4. The summed E-state index contributed by atoms with van der Waals surface area (Å²) in [6.45, 7) is 8.38. The molecule has 5 heteroatoms. The fraction of sp³-hybridized carbons (Fsp3) is 0.727. The molecule has 0 bridgehead atoms. The highest BCUT2D eigenvalue weighted by Crippen LogP contribution is 2.29. The normalized spacial score (nSPS) is 21.4. The van der Waals surface area contributed by atoms with Crippen LogP contribution < -0.4 is 5.43 Å². The molecule has 2 aliphatic heterocycles. The van der Waals surface area contributed by atoms with Crippen molar-refractivity contribution in [2.24, 2.45) is 0 Å². The first-order valence-electron chi connectivity index (χ1n) is 5.62. The zero-order valence-corrected chi connectivity index (χ0v) is 10.1. The van der Waals surface area contributed by atoms with E-state index in [4.69, 9.17) is 5.11 Å². The Hall–Kier alpha value is -1.23. The molecule has 0 aromatic rings. The highest BCUT2D eigenvalue weighted by molar-refractivity contribution is 5.66. The minimum Gasteiger partial charge on any atom is -0.465 e. The van der Waals surface area contributed by atoms with Gasteiger partial charge >= 0.3 is 6.09 Å². The van der Waals surface area contributed by atoms with Crippen LogP contribution >= 0.6 is 0 Å². The summed E-state index contributed by atoms with van der Waals surface area (Å²) in [6.07, 6.45) is -0.00733. The molecule has 0 atom stereocenters. The van der Waals surface area contributed by atoms with Gasteiger partial charge in [-0.3, -0.25) is 0 Å². The number of carbonyl (C=O) groups is 1. The van der Waals surface area contributed by atoms with E-state index in [1.807, 2.05) is 0 Å². The van der Waals surface area contributed by atoms with E-state index in [1.165, 1.54) is 16.2 Å². The Morgan fingerprint density at radius 2 is 2.12 bits per heavy atom. The van der Waals surface area contributed by atoms with Crippen LogP contribution in [-0.2, 0) is 0 Å². The van der Waals surface area contributed by atoms with Gasteiger partial charge in [0, 0.05) is 37.3 Å². The van der Waals surface area contributed by atoms with E-state index in [9.17, 15) is 4.79 Å². The van der Waals surface area contributed by atoms with Gasteiger partial charge in [-0.25, -0.2) is 10.2 Å². The first-order valence-corrected chi connectivity index (χ1v) is 5.62. The van der Waals surface area contributed by atoms with Gasteiger partial charge in [0.2, 0.25) is 0 Å². The molecule has 0 saturated carbocycles. The summed E-state index contributed by atoms with van der Waals surface area (Å²) in [5, 5.41) is 11.1. The second-order valence-electron chi connectivity index (χ2n) is 5.35. The lowest BCUT2D eigenvalue weighted by molar-refractivity contribution is 0.124. The summed E-state index contributed by atoms with van der Waals surface area (Å²) in [6, 6.07) is 0. The second-order valence-corrected chi connectivity index (χ2v) is 5.35. The van der Waals surface area contributed by atoms with Gasteiger partial charge in [-0.05, 0) is 26.3 Å². The van der Waals surface area contributed by atoms with Crippen molar-refractivity contribution >= 4 is 6.09 Å². The van der Waals surface area contributed by atoms with Crippen LogP contribution in [-0.4, -0.2) is 46.3 Å². The second kappa shape index (κ2) is 3.66. The Balaban J connectivity index is 2.16. The average Bonchev–Trinajstić information content (AvgIpc) is 2.58. The Labute approximate surface area is 95.7 Å². The molecule has 0 aromatic heterocycles. The van der Waals surface area contributed by atoms with E-state index in [0.29, 0.717) is 13.1 Å². The minimum absolute atomic E-state index is 0.0441. The SMILES string of the molecule is CC(C)(C)N1NCC2=C1CCN(C(=O)O)C2. The fourth-order valence-corrected chi connectivity index (χ4v) is 2.32. The molecule has 90 valence electrons. The molecule has 16 heavy (non-hydrogen) atoms. The number of carboxylic acid groups (broad SMARTS) is 1. The number of amides is 1. The summed E-state index contributed by atoms with van der Waals surface area (Å²) in [7, 11) is 0. The van der Waals surface area contributed by atoms with Crippen LogP contribution in [0.5, 0.6) is 0 Å². The van der Waals surface area contributed by atoms with Gasteiger partial charge in [-0.15, -0.1) is 0 Å². The van der Waals surface area contributed by atoms with E-state index >= 15 is 0 Å². The van der Waals surface area contributed by atoms with E-state index in [-0.39, 0.29) is 5.54 Å². The first-order chi connectivity index (χ1) is 7.39. The van der Waals surface area contributed by atoms with Crippen LogP contribution in [0.4, 0.5) is 4.79 Å². The van der Waals surface area contributed by atoms with Crippen LogP contribution in [0.2, 0.25) is 0 Å². The Bertz CT molecular complexity index is 344. The molecule has 0 saturated heterocycles. The van der Waals surface area contributed by atoms with Gasteiger partial charge in [0.25, 0.3) is 0 Å². The van der Waals surface area contributed by atoms with Gasteiger partial charge in [-0.2, -0.15) is 0 Å². The van der Waals surface area contributed by atoms with Gasteiger partial charge in [0.15, 0.2) is 0 Å². The summed E-state index contributed by atoms with van der Waals surface area (Å²) in [5.41, 5.74) is 5.88. The Kier molecular flexibility index (Phi) is 2.58. The zero-order chi connectivity index (χ0) is 11.9. The van der Waals surface area contributed by atoms with Gasteiger partial charge < -0.3 is 15.0 Å². The Morgan fingerprint density at radius 3 is 2.69 bits per heavy atom. The molecular formula is C11H19N3O2. The van der Waals surface area contributed by atoms with E-state index in [1.54, 1.807) is 0 Å². The van der Waals surface area contributed by atoms with Crippen molar-refractivity contribution < 1.29 is 9.90 Å². The molecule has 0 spiro atoms. The quantitative estimate of drug-likeness (QED) is 0.651. The molecule has 5 nitrogen and oxygen atoms in total. The Morgan fingerprint density at radius 1 is 1.44 bits per heavy atom. The van der Waals surface area contributed by atoms with Gasteiger partial charge in [-0.1, -0.05) is 0 Å². The number of nitrogens with one attached hydrogen (secondary N) is 1. The molecule has 0 radical (unpaired) electrons. The molecule has 2 rings (SSSR count). The summed E-state index contributed by atoms with van der Waals surface area (Å²) >= 11 is 0. The smallest absolute Gasteiger partial charge is 0.407 e. The number of hydrogen-bond acceptors (Lipinski definition) is 3. The fourth-order valence-electron chi connectivity index (χ4n) is 2.32. The van der Waals surface area contributed by atoms with Crippen LogP contribution in [0.15, 0.2) is 11.3 Å². The molecule has 2 aliphatic rings. The first kappa shape index (κ1) is 11.3.